The highest BCUT2D eigenvalue weighted by atomic mass is 19.2. The molecule has 0 aliphatic carbocycles. The lowest BCUT2D eigenvalue weighted by Gasteiger charge is -2.32. The number of rotatable bonds is 4. The van der Waals surface area contributed by atoms with E-state index in [4.69, 9.17) is 0 Å². The highest BCUT2D eigenvalue weighted by Crippen LogP contribution is 2.23. The number of aromatic nitrogens is 3. The topological polar surface area (TPSA) is 71.0 Å². The average Bonchev–Trinajstić information content (AvgIpc) is 3.10. The van der Waals surface area contributed by atoms with Gasteiger partial charge in [0.2, 0.25) is 0 Å². The van der Waals surface area contributed by atoms with E-state index in [1.165, 1.54) is 22.8 Å². The first-order valence-electron chi connectivity index (χ1n) is 9.59. The van der Waals surface area contributed by atoms with Gasteiger partial charge in [-0.05, 0) is 49.1 Å². The monoisotopic (exact) mass is 416 g/mol. The first-order valence-corrected chi connectivity index (χ1v) is 9.59. The molecule has 1 aromatic heterocycles. The van der Waals surface area contributed by atoms with Crippen molar-refractivity contribution in [3.63, 3.8) is 0 Å². The smallest absolute Gasteiger partial charge is 0.339 e. The number of piperidine rings is 1. The fraction of sp³-hybridized carbons (Fsp3) is 0.286. The third kappa shape index (κ3) is 3.87. The van der Waals surface area contributed by atoms with Crippen LogP contribution >= 0.6 is 0 Å². The van der Waals surface area contributed by atoms with Crippen LogP contribution in [0.3, 0.4) is 0 Å². The van der Waals surface area contributed by atoms with Crippen molar-refractivity contribution >= 4 is 5.91 Å². The molecule has 0 unspecified atom stereocenters. The maximum Gasteiger partial charge on any atom is 0.348 e. The Balaban J connectivity index is 1.44. The van der Waals surface area contributed by atoms with Crippen LogP contribution in [0.5, 0.6) is 0 Å². The van der Waals surface area contributed by atoms with Crippen molar-refractivity contribution in [1.29, 1.82) is 0 Å². The Hall–Kier alpha value is -3.36. The van der Waals surface area contributed by atoms with Gasteiger partial charge in [-0.3, -0.25) is 4.79 Å². The fourth-order valence-corrected chi connectivity index (χ4v) is 3.76. The molecule has 0 radical (unpaired) electrons. The van der Waals surface area contributed by atoms with Gasteiger partial charge in [-0.2, -0.15) is 5.10 Å². The molecule has 9 heteroatoms. The molecule has 1 amide bonds. The van der Waals surface area contributed by atoms with Crippen LogP contribution in [0.2, 0.25) is 0 Å². The molecule has 3 aromatic rings. The molecule has 156 valence electrons. The molecule has 4 rings (SSSR count). The van der Waals surface area contributed by atoms with Crippen molar-refractivity contribution in [3.05, 3.63) is 81.8 Å². The Morgan fingerprint density at radius 3 is 2.47 bits per heavy atom. The minimum Gasteiger partial charge on any atom is -0.339 e. The predicted octanol–water partition coefficient (Wildman–Crippen LogP) is 3.07. The van der Waals surface area contributed by atoms with Crippen molar-refractivity contribution in [2.24, 2.45) is 5.92 Å². The van der Waals surface area contributed by atoms with Gasteiger partial charge in [0.05, 0.1) is 5.69 Å². The Morgan fingerprint density at radius 2 is 1.77 bits per heavy atom. The molecular formula is C21H19F3N4O2. The van der Waals surface area contributed by atoms with Crippen LogP contribution in [0.1, 0.15) is 29.0 Å². The van der Waals surface area contributed by atoms with Crippen LogP contribution in [0.25, 0.3) is 5.69 Å². The van der Waals surface area contributed by atoms with E-state index in [0.29, 0.717) is 38.2 Å². The minimum absolute atomic E-state index is 0.105. The zero-order valence-electron chi connectivity index (χ0n) is 15.9. The summed E-state index contributed by atoms with van der Waals surface area (Å²) in [5.41, 5.74) is -0.272. The molecule has 0 bridgehead atoms. The third-order valence-electron chi connectivity index (χ3n) is 5.37. The minimum atomic E-state index is -1.06. The summed E-state index contributed by atoms with van der Waals surface area (Å²) in [5.74, 6) is -2.36. The predicted molar refractivity (Wildman–Crippen MR) is 103 cm³/mol. The number of H-pyrrole nitrogens is 1. The number of amides is 1. The molecule has 0 atom stereocenters. The summed E-state index contributed by atoms with van der Waals surface area (Å²) >= 11 is 0. The maximum absolute atomic E-state index is 14.2. The molecule has 2 heterocycles. The first kappa shape index (κ1) is 19.9. The normalized spacial score (nSPS) is 14.8. The van der Waals surface area contributed by atoms with Crippen LogP contribution in [-0.2, 0) is 6.42 Å². The Kier molecular flexibility index (Phi) is 5.43. The molecule has 0 saturated carbocycles. The van der Waals surface area contributed by atoms with Gasteiger partial charge in [-0.15, -0.1) is 0 Å². The van der Waals surface area contributed by atoms with E-state index in [-0.39, 0.29) is 23.1 Å². The molecule has 1 N–H and O–H groups in total. The number of nitrogens with zero attached hydrogens (tertiary/aromatic N) is 3. The fourth-order valence-electron chi connectivity index (χ4n) is 3.76. The lowest BCUT2D eigenvalue weighted by molar-refractivity contribution is 0.0689. The molecule has 0 spiro atoms. The summed E-state index contributed by atoms with van der Waals surface area (Å²) in [6, 6.07) is 9.09. The zero-order valence-corrected chi connectivity index (χ0v) is 15.9. The number of likely N-dealkylation sites (tertiary alicyclic amines) is 1. The van der Waals surface area contributed by atoms with E-state index in [9.17, 15) is 22.8 Å². The van der Waals surface area contributed by atoms with Crippen molar-refractivity contribution in [2.45, 2.75) is 19.3 Å². The van der Waals surface area contributed by atoms with Crippen LogP contribution in [0.15, 0.2) is 47.3 Å². The molecular weight excluding hydrogens is 397 g/mol. The SMILES string of the molecule is O=C(c1ccc(F)c(F)c1)N1CCC(Cc2n[nH]c(=O)n2-c2ccccc2F)CC1. The second-order valence-corrected chi connectivity index (χ2v) is 7.30. The lowest BCUT2D eigenvalue weighted by atomic mass is 9.92. The number of carbonyl (C=O) groups is 1. The first-order chi connectivity index (χ1) is 14.4. The van der Waals surface area contributed by atoms with Gasteiger partial charge < -0.3 is 4.90 Å². The number of hydrogen-bond acceptors (Lipinski definition) is 3. The molecule has 1 saturated heterocycles. The standard InChI is InChI=1S/C21H19F3N4O2/c22-15-6-5-14(12-17(15)24)20(29)27-9-7-13(8-10-27)11-19-25-26-21(30)28(19)18-4-2-1-3-16(18)23/h1-6,12-13H,7-11H2,(H,26,30). The number of nitrogens with one attached hydrogen (secondary N) is 1. The Bertz CT molecular complexity index is 1130. The van der Waals surface area contributed by atoms with Crippen LogP contribution in [0.4, 0.5) is 13.2 Å². The van der Waals surface area contributed by atoms with Gasteiger partial charge in [-0.1, -0.05) is 12.1 Å². The largest absolute Gasteiger partial charge is 0.348 e. The third-order valence-corrected chi connectivity index (χ3v) is 5.37. The van der Waals surface area contributed by atoms with Crippen LogP contribution in [-0.4, -0.2) is 38.7 Å². The van der Waals surface area contributed by atoms with E-state index in [1.807, 2.05) is 0 Å². The number of benzene rings is 2. The second kappa shape index (κ2) is 8.17. The zero-order chi connectivity index (χ0) is 21.3. The van der Waals surface area contributed by atoms with Gasteiger partial charge >= 0.3 is 5.69 Å². The van der Waals surface area contributed by atoms with E-state index >= 15 is 0 Å². The van der Waals surface area contributed by atoms with Crippen molar-refractivity contribution in [3.8, 4) is 5.69 Å². The number of halogens is 3. The second-order valence-electron chi connectivity index (χ2n) is 7.30. The summed E-state index contributed by atoms with van der Waals surface area (Å²) in [4.78, 5) is 26.3. The molecule has 30 heavy (non-hydrogen) atoms. The van der Waals surface area contributed by atoms with Gasteiger partial charge in [0.1, 0.15) is 11.6 Å². The highest BCUT2D eigenvalue weighted by Gasteiger charge is 2.26. The summed E-state index contributed by atoms with van der Waals surface area (Å²) in [5, 5.41) is 6.42. The van der Waals surface area contributed by atoms with Gasteiger partial charge in [0, 0.05) is 25.1 Å². The van der Waals surface area contributed by atoms with Gasteiger partial charge in [0.25, 0.3) is 5.91 Å². The van der Waals surface area contributed by atoms with Crippen LogP contribution in [0, 0.1) is 23.4 Å². The van der Waals surface area contributed by atoms with Crippen LogP contribution < -0.4 is 5.69 Å². The van der Waals surface area contributed by atoms with Gasteiger partial charge in [-0.25, -0.2) is 27.6 Å². The summed E-state index contributed by atoms with van der Waals surface area (Å²) in [6.07, 6.45) is 1.74. The van der Waals surface area contributed by atoms with E-state index in [2.05, 4.69) is 10.2 Å². The van der Waals surface area contributed by atoms with E-state index in [1.54, 1.807) is 17.0 Å². The quantitative estimate of drug-likeness (QED) is 0.711. The highest BCUT2D eigenvalue weighted by molar-refractivity contribution is 5.94. The van der Waals surface area contributed by atoms with Crippen molar-refractivity contribution in [2.75, 3.05) is 13.1 Å². The molecule has 1 aliphatic heterocycles. The van der Waals surface area contributed by atoms with Crippen molar-refractivity contribution in [1.82, 2.24) is 19.7 Å². The Labute approximate surface area is 170 Å². The number of carbonyl (C=O) groups excluding carboxylic acids is 1. The van der Waals surface area contributed by atoms with E-state index in [0.717, 1.165) is 12.1 Å². The maximum atomic E-state index is 14.2. The number of aromatic amines is 1. The number of para-hydroxylation sites is 1. The average molecular weight is 416 g/mol. The Morgan fingerprint density at radius 1 is 1.03 bits per heavy atom. The van der Waals surface area contributed by atoms with Crippen molar-refractivity contribution < 1.29 is 18.0 Å². The molecule has 1 fully saturated rings. The lowest BCUT2D eigenvalue weighted by Crippen LogP contribution is -2.39. The summed E-state index contributed by atoms with van der Waals surface area (Å²) in [6.45, 7) is 0.883. The summed E-state index contributed by atoms with van der Waals surface area (Å²) in [7, 11) is 0. The van der Waals surface area contributed by atoms with E-state index < -0.39 is 23.1 Å². The van der Waals surface area contributed by atoms with Gasteiger partial charge in [0.15, 0.2) is 11.6 Å². The molecule has 6 nitrogen and oxygen atoms in total. The number of hydrogen-bond donors (Lipinski definition) is 1. The molecule has 1 aliphatic rings. The molecule has 2 aromatic carbocycles. The summed E-state index contributed by atoms with van der Waals surface area (Å²) < 4.78 is 41.9.